The van der Waals surface area contributed by atoms with Gasteiger partial charge in [-0.05, 0) is 86.1 Å². The number of nitrogens with zero attached hydrogens (tertiary/aromatic N) is 1. The number of H-pyrrole nitrogens is 1. The summed E-state index contributed by atoms with van der Waals surface area (Å²) in [5, 5.41) is 10.4. The molecule has 3 aromatic rings. The van der Waals surface area contributed by atoms with Crippen molar-refractivity contribution in [1.29, 1.82) is 0 Å². The van der Waals surface area contributed by atoms with Crippen LogP contribution in [0.2, 0.25) is 0 Å². The minimum absolute atomic E-state index is 0.0320. The van der Waals surface area contributed by atoms with Gasteiger partial charge in [0.25, 0.3) is 0 Å². The molecular formula is C27H32N2O3S. The number of piperidine rings is 1. The zero-order chi connectivity index (χ0) is 28.2. The highest BCUT2D eigenvalue weighted by Gasteiger charge is 2.48. The summed E-state index contributed by atoms with van der Waals surface area (Å²) in [6.07, 6.45) is 3.24. The molecular weight excluding hydrogens is 432 g/mol. The lowest BCUT2D eigenvalue weighted by molar-refractivity contribution is -0.00567. The first-order valence-electron chi connectivity index (χ1n) is 14.3. The third-order valence-electron chi connectivity index (χ3n) is 7.61. The third kappa shape index (κ3) is 4.04. The van der Waals surface area contributed by atoms with Crippen molar-refractivity contribution in [1.82, 2.24) is 9.88 Å². The highest BCUT2D eigenvalue weighted by molar-refractivity contribution is 7.99. The maximum atomic E-state index is 11.5. The van der Waals surface area contributed by atoms with Crippen molar-refractivity contribution < 1.29 is 22.9 Å². The summed E-state index contributed by atoms with van der Waals surface area (Å²) in [7, 11) is -2.59. The number of carbonyl (C=O) groups is 1. The molecule has 2 aromatic carbocycles. The Morgan fingerprint density at radius 1 is 1.30 bits per heavy atom. The summed E-state index contributed by atoms with van der Waals surface area (Å²) >= 11 is 1.08. The Balaban J connectivity index is 1.48. The Labute approximate surface area is 207 Å². The Bertz CT molecular complexity index is 1360. The number of carboxylic acid groups (broad SMARTS) is 1. The Morgan fingerprint density at radius 3 is 2.85 bits per heavy atom. The number of aromatic carboxylic acids is 1. The number of carboxylic acids is 1. The fourth-order valence-electron chi connectivity index (χ4n) is 5.80. The number of hydrogen-bond donors (Lipinski definition) is 2. The van der Waals surface area contributed by atoms with Crippen LogP contribution >= 0.6 is 11.8 Å². The summed E-state index contributed by atoms with van der Waals surface area (Å²) in [6.45, 7) is 3.11. The molecule has 1 saturated carbocycles. The van der Waals surface area contributed by atoms with Gasteiger partial charge in [0.1, 0.15) is 5.75 Å². The molecule has 174 valence electrons. The number of aryl methyl sites for hydroxylation is 1. The number of thioether (sulfide) groups is 1. The van der Waals surface area contributed by atoms with E-state index in [0.717, 1.165) is 71.6 Å². The number of aromatic amines is 1. The van der Waals surface area contributed by atoms with Crippen molar-refractivity contribution in [2.45, 2.75) is 50.4 Å². The minimum atomic E-state index is -2.59. The van der Waals surface area contributed by atoms with Gasteiger partial charge in [0.15, 0.2) is 0 Å². The lowest BCUT2D eigenvalue weighted by atomic mass is 9.60. The number of hydrogen-bond acceptors (Lipinski definition) is 4. The molecule has 0 amide bonds. The van der Waals surface area contributed by atoms with Crippen LogP contribution in [-0.2, 0) is 6.54 Å². The highest BCUT2D eigenvalue weighted by atomic mass is 32.2. The average Bonchev–Trinajstić information content (AvgIpc) is 3.30. The number of aromatic nitrogens is 1. The monoisotopic (exact) mass is 470 g/mol. The van der Waals surface area contributed by atoms with Crippen LogP contribution in [0, 0.1) is 12.3 Å². The van der Waals surface area contributed by atoms with E-state index >= 15 is 0 Å². The van der Waals surface area contributed by atoms with E-state index in [1.54, 1.807) is 18.2 Å². The van der Waals surface area contributed by atoms with Gasteiger partial charge in [0.05, 0.1) is 16.7 Å². The molecule has 0 radical (unpaired) electrons. The molecule has 2 heterocycles. The smallest absolute Gasteiger partial charge is 0.335 e. The number of nitrogens with one attached hydrogen (secondary N) is 1. The van der Waals surface area contributed by atoms with E-state index in [4.69, 9.17) is 13.0 Å². The number of rotatable bonds is 6. The zero-order valence-corrected chi connectivity index (χ0v) is 19.4. The molecule has 1 atom stereocenters. The molecule has 1 saturated heterocycles. The maximum Gasteiger partial charge on any atom is 0.335 e. The lowest BCUT2D eigenvalue weighted by Gasteiger charge is -2.55. The van der Waals surface area contributed by atoms with E-state index in [2.05, 4.69) is 9.88 Å². The topological polar surface area (TPSA) is 65.6 Å². The van der Waals surface area contributed by atoms with E-state index < -0.39 is 19.2 Å². The number of benzene rings is 2. The molecule has 5 nitrogen and oxygen atoms in total. The molecule has 33 heavy (non-hydrogen) atoms. The van der Waals surface area contributed by atoms with E-state index in [1.807, 2.05) is 31.3 Å². The van der Waals surface area contributed by atoms with Crippen LogP contribution in [0.25, 0.3) is 10.9 Å². The van der Waals surface area contributed by atoms with Crippen LogP contribution in [0.3, 0.4) is 0 Å². The van der Waals surface area contributed by atoms with Gasteiger partial charge < -0.3 is 14.8 Å². The summed E-state index contributed by atoms with van der Waals surface area (Å²) in [6, 6.07) is 10.6. The van der Waals surface area contributed by atoms with Gasteiger partial charge in [-0.3, -0.25) is 4.90 Å². The molecule has 1 spiro atoms. The molecule has 2 aliphatic rings. The molecule has 0 unspecified atom stereocenters. The van der Waals surface area contributed by atoms with Crippen LogP contribution in [-0.4, -0.2) is 46.0 Å². The Hall–Kier alpha value is -2.44. The number of likely N-dealkylation sites (tertiary alicyclic amines) is 1. The number of ether oxygens (including phenoxy) is 1. The SMILES string of the molecule is [2H]C([2H])([2H])Oc1cc(C)c2[nH]ccc2c1CN1CCC2(CC(SC([2H])([2H])[2H])C2)C[C@H]1c1ccc(C(=O)O)cc1. The van der Waals surface area contributed by atoms with Crippen molar-refractivity contribution in [3.05, 3.63) is 64.8 Å². The van der Waals surface area contributed by atoms with Gasteiger partial charge >= 0.3 is 5.97 Å². The predicted molar refractivity (Wildman–Crippen MR) is 134 cm³/mol. The van der Waals surface area contributed by atoms with Gasteiger partial charge in [-0.1, -0.05) is 12.1 Å². The molecule has 1 aromatic heterocycles. The molecule has 0 bridgehead atoms. The molecule has 2 N–H and O–H groups in total. The normalized spacial score (nSPS) is 28.8. The zero-order valence-electron chi connectivity index (χ0n) is 24.6. The second-order valence-electron chi connectivity index (χ2n) is 9.55. The number of methoxy groups -OCH3 is 1. The van der Waals surface area contributed by atoms with Crippen molar-refractivity contribution in [2.75, 3.05) is 19.8 Å². The van der Waals surface area contributed by atoms with Crippen LogP contribution in [0.5, 0.6) is 5.75 Å². The van der Waals surface area contributed by atoms with Crippen molar-refractivity contribution >= 4 is 28.6 Å². The highest BCUT2D eigenvalue weighted by Crippen LogP contribution is 2.57. The second-order valence-corrected chi connectivity index (χ2v) is 10.5. The fourth-order valence-corrected chi connectivity index (χ4v) is 6.67. The van der Waals surface area contributed by atoms with E-state index in [1.165, 1.54) is 0 Å². The van der Waals surface area contributed by atoms with Gasteiger partial charge in [-0.25, -0.2) is 4.79 Å². The first-order chi connectivity index (χ1) is 18.2. The minimum Gasteiger partial charge on any atom is -0.496 e. The van der Waals surface area contributed by atoms with Crippen molar-refractivity contribution in [3.63, 3.8) is 0 Å². The fraction of sp³-hybridized carbons (Fsp3) is 0.444. The Kier molecular flexibility index (Phi) is 4.29. The molecule has 1 aliphatic heterocycles. The largest absolute Gasteiger partial charge is 0.496 e. The van der Waals surface area contributed by atoms with Gasteiger partial charge in [-0.15, -0.1) is 0 Å². The third-order valence-corrected chi connectivity index (χ3v) is 8.28. The first kappa shape index (κ1) is 16.2. The Morgan fingerprint density at radius 2 is 2.12 bits per heavy atom. The summed E-state index contributed by atoms with van der Waals surface area (Å²) in [5.41, 5.74) is 3.85. The lowest BCUT2D eigenvalue weighted by Crippen LogP contribution is -2.49. The van der Waals surface area contributed by atoms with Crippen LogP contribution < -0.4 is 4.74 Å². The van der Waals surface area contributed by atoms with Gasteiger partial charge in [-0.2, -0.15) is 11.8 Å². The van der Waals surface area contributed by atoms with Crippen LogP contribution in [0.15, 0.2) is 42.6 Å². The molecule has 2 fully saturated rings. The molecule has 5 rings (SSSR count). The van der Waals surface area contributed by atoms with Gasteiger partial charge in [0.2, 0.25) is 0 Å². The van der Waals surface area contributed by atoms with Crippen molar-refractivity contribution in [3.8, 4) is 5.75 Å². The van der Waals surface area contributed by atoms with Crippen LogP contribution in [0.1, 0.15) is 67.0 Å². The molecule has 6 heteroatoms. The van der Waals surface area contributed by atoms with Crippen LogP contribution in [0.4, 0.5) is 0 Å². The predicted octanol–water partition coefficient (Wildman–Crippen LogP) is 6.03. The second kappa shape index (κ2) is 8.73. The van der Waals surface area contributed by atoms with E-state index in [9.17, 15) is 9.90 Å². The van der Waals surface area contributed by atoms with Crippen molar-refractivity contribution in [2.24, 2.45) is 5.41 Å². The standard InChI is InChI=1S/C27H32N2O3S/c1-17-12-24(32-2)22(21-8-10-28-25(17)21)16-29-11-9-27(13-20(14-27)33-3)15-23(29)18-4-6-19(7-5-18)26(30)31/h4-8,10,12,20,23,28H,9,11,13-16H2,1-3H3,(H,30,31)/t20?,23-,27?/m0/s1/i2D3,3D3. The summed E-state index contributed by atoms with van der Waals surface area (Å²) in [5.74, 6) is -0.652. The summed E-state index contributed by atoms with van der Waals surface area (Å²) in [4.78, 5) is 17.0. The summed E-state index contributed by atoms with van der Waals surface area (Å²) < 4.78 is 51.5. The quantitative estimate of drug-likeness (QED) is 0.460. The van der Waals surface area contributed by atoms with E-state index in [0.29, 0.717) is 12.3 Å². The number of fused-ring (bicyclic) bond motifs is 1. The maximum absolute atomic E-state index is 11.5. The first-order valence-corrected chi connectivity index (χ1v) is 12.1. The van der Waals surface area contributed by atoms with E-state index in [-0.39, 0.29) is 22.3 Å². The van der Waals surface area contributed by atoms with Gasteiger partial charge in [0, 0.05) is 44.6 Å². The molecule has 1 aliphatic carbocycles. The average molecular weight is 471 g/mol.